The number of methoxy groups -OCH3 is 1. The largest absolute Gasteiger partial charge is 0.496 e. The van der Waals surface area contributed by atoms with Gasteiger partial charge >= 0.3 is 0 Å². The van der Waals surface area contributed by atoms with Crippen LogP contribution in [0.25, 0.3) is 0 Å². The van der Waals surface area contributed by atoms with Crippen molar-refractivity contribution in [2.24, 2.45) is 0 Å². The molecular weight excluding hydrogens is 282 g/mol. The van der Waals surface area contributed by atoms with E-state index in [0.29, 0.717) is 6.04 Å². The molecule has 4 heteroatoms. The van der Waals surface area contributed by atoms with Gasteiger partial charge in [0, 0.05) is 12.6 Å². The van der Waals surface area contributed by atoms with E-state index in [0.717, 1.165) is 23.1 Å². The molecule has 0 amide bonds. The highest BCUT2D eigenvalue weighted by Crippen LogP contribution is 2.31. The van der Waals surface area contributed by atoms with Gasteiger partial charge in [-0.1, -0.05) is 6.07 Å². The number of nitrogens with zero attached hydrogens (tertiary/aromatic N) is 1. The van der Waals surface area contributed by atoms with Crippen molar-refractivity contribution in [1.82, 2.24) is 4.90 Å². The van der Waals surface area contributed by atoms with Gasteiger partial charge in [0.1, 0.15) is 5.75 Å². The fourth-order valence-electron chi connectivity index (χ4n) is 1.90. The number of hydrogen-bond donors (Lipinski definition) is 1. The molecule has 17 heavy (non-hydrogen) atoms. The fraction of sp³-hybridized carbons (Fsp3) is 0.538. The summed E-state index contributed by atoms with van der Waals surface area (Å²) < 4.78 is 6.19. The Hall–Kier alpha value is -0.580. The minimum absolute atomic E-state index is 0.238. The second-order valence-corrected chi connectivity index (χ2v) is 5.09. The summed E-state index contributed by atoms with van der Waals surface area (Å²) in [4.78, 5) is 2.17. The molecule has 1 atom stereocenters. The zero-order chi connectivity index (χ0) is 12.8. The van der Waals surface area contributed by atoms with E-state index in [9.17, 15) is 0 Å². The molecule has 0 heterocycles. The van der Waals surface area contributed by atoms with E-state index in [1.807, 2.05) is 6.07 Å². The fourth-order valence-corrected chi connectivity index (χ4v) is 2.46. The summed E-state index contributed by atoms with van der Waals surface area (Å²) in [5.74, 6) is 0.841. The smallest absolute Gasteiger partial charge is 0.133 e. The van der Waals surface area contributed by atoms with Crippen LogP contribution in [0.4, 0.5) is 0 Å². The van der Waals surface area contributed by atoms with E-state index in [4.69, 9.17) is 9.84 Å². The first-order valence-corrected chi connectivity index (χ1v) is 6.50. The third-order valence-corrected chi connectivity index (χ3v) is 3.44. The van der Waals surface area contributed by atoms with Crippen LogP contribution in [0.2, 0.25) is 0 Å². The van der Waals surface area contributed by atoms with Gasteiger partial charge in [0.15, 0.2) is 0 Å². The summed E-state index contributed by atoms with van der Waals surface area (Å²) in [6.07, 6.45) is 1.76. The predicted molar refractivity (Wildman–Crippen MR) is 73.4 cm³/mol. The Labute approximate surface area is 112 Å². The minimum atomic E-state index is 0.238. The Kier molecular flexibility index (Phi) is 5.95. The van der Waals surface area contributed by atoms with Crippen molar-refractivity contribution in [2.75, 3.05) is 27.8 Å². The van der Waals surface area contributed by atoms with Gasteiger partial charge in [-0.05, 0) is 60.6 Å². The number of rotatable bonds is 6. The van der Waals surface area contributed by atoms with E-state index >= 15 is 0 Å². The molecule has 96 valence electrons. The van der Waals surface area contributed by atoms with E-state index in [2.05, 4.69) is 47.1 Å². The van der Waals surface area contributed by atoms with E-state index < -0.39 is 0 Å². The van der Waals surface area contributed by atoms with Crippen molar-refractivity contribution in [3.8, 4) is 5.75 Å². The summed E-state index contributed by atoms with van der Waals surface area (Å²) in [5, 5.41) is 8.93. The zero-order valence-electron chi connectivity index (χ0n) is 10.6. The monoisotopic (exact) mass is 301 g/mol. The quantitative estimate of drug-likeness (QED) is 0.877. The highest BCUT2D eigenvalue weighted by molar-refractivity contribution is 9.10. The Morgan fingerprint density at radius 1 is 1.41 bits per heavy atom. The standard InChI is InChI=1S/C13H20BrNO2/c1-15(2)12(5-4-8-16)10-6-7-13(17-3)11(14)9-10/h6-7,9,12,16H,4-5,8H2,1-3H3. The predicted octanol–water partition coefficient (Wildman–Crippen LogP) is 2.83. The lowest BCUT2D eigenvalue weighted by Gasteiger charge is -2.25. The second kappa shape index (κ2) is 6.99. The molecule has 1 unspecified atom stereocenters. The van der Waals surface area contributed by atoms with Crippen molar-refractivity contribution in [1.29, 1.82) is 0 Å². The number of aliphatic hydroxyl groups excluding tert-OH is 1. The maximum atomic E-state index is 8.93. The van der Waals surface area contributed by atoms with Crippen LogP contribution in [-0.4, -0.2) is 37.8 Å². The van der Waals surface area contributed by atoms with Crippen LogP contribution in [0, 0.1) is 0 Å². The molecule has 0 fully saturated rings. The SMILES string of the molecule is COc1ccc(C(CCCO)N(C)C)cc1Br. The maximum absolute atomic E-state index is 8.93. The summed E-state index contributed by atoms with van der Waals surface area (Å²) in [5.41, 5.74) is 1.23. The molecule has 1 aromatic rings. The molecule has 0 aromatic heterocycles. The summed E-state index contributed by atoms with van der Waals surface area (Å²) >= 11 is 3.50. The third kappa shape index (κ3) is 3.98. The molecule has 0 aliphatic carbocycles. The highest BCUT2D eigenvalue weighted by atomic mass is 79.9. The molecule has 0 radical (unpaired) electrons. The average Bonchev–Trinajstić information content (AvgIpc) is 2.29. The lowest BCUT2D eigenvalue weighted by molar-refractivity contribution is 0.235. The number of ether oxygens (including phenoxy) is 1. The molecule has 0 aliphatic rings. The Balaban J connectivity index is 2.90. The van der Waals surface area contributed by atoms with Crippen LogP contribution >= 0.6 is 15.9 Å². The first kappa shape index (κ1) is 14.5. The van der Waals surface area contributed by atoms with Gasteiger partial charge < -0.3 is 14.7 Å². The minimum Gasteiger partial charge on any atom is -0.496 e. The molecule has 0 saturated carbocycles. The molecule has 3 nitrogen and oxygen atoms in total. The summed E-state index contributed by atoms with van der Waals surface area (Å²) in [6.45, 7) is 0.238. The molecule has 1 N–H and O–H groups in total. The normalized spacial score (nSPS) is 12.8. The van der Waals surface area contributed by atoms with E-state index in [1.54, 1.807) is 7.11 Å². The summed E-state index contributed by atoms with van der Waals surface area (Å²) in [6, 6.07) is 6.45. The van der Waals surface area contributed by atoms with Crippen LogP contribution < -0.4 is 4.74 Å². The van der Waals surface area contributed by atoms with E-state index in [-0.39, 0.29) is 6.61 Å². The molecule has 0 bridgehead atoms. The molecule has 1 rings (SSSR count). The lowest BCUT2D eigenvalue weighted by Crippen LogP contribution is -2.20. The number of halogens is 1. The highest BCUT2D eigenvalue weighted by Gasteiger charge is 2.14. The Bertz CT molecular complexity index is 355. The van der Waals surface area contributed by atoms with Crippen molar-refractivity contribution >= 4 is 15.9 Å². The maximum Gasteiger partial charge on any atom is 0.133 e. The van der Waals surface area contributed by atoms with Gasteiger partial charge in [-0.15, -0.1) is 0 Å². The number of benzene rings is 1. The lowest BCUT2D eigenvalue weighted by atomic mass is 10.0. The van der Waals surface area contributed by atoms with E-state index in [1.165, 1.54) is 5.56 Å². The van der Waals surface area contributed by atoms with Gasteiger partial charge in [-0.3, -0.25) is 0 Å². The van der Waals surface area contributed by atoms with Gasteiger partial charge in [-0.25, -0.2) is 0 Å². The zero-order valence-corrected chi connectivity index (χ0v) is 12.2. The number of aliphatic hydroxyl groups is 1. The van der Waals surface area contributed by atoms with Crippen LogP contribution in [0.15, 0.2) is 22.7 Å². The van der Waals surface area contributed by atoms with Crippen LogP contribution in [0.5, 0.6) is 5.75 Å². The van der Waals surface area contributed by atoms with Crippen molar-refractivity contribution < 1.29 is 9.84 Å². The third-order valence-electron chi connectivity index (χ3n) is 2.82. The average molecular weight is 302 g/mol. The molecule has 0 aliphatic heterocycles. The van der Waals surface area contributed by atoms with Crippen molar-refractivity contribution in [3.63, 3.8) is 0 Å². The van der Waals surface area contributed by atoms with Gasteiger partial charge in [0.25, 0.3) is 0 Å². The summed E-state index contributed by atoms with van der Waals surface area (Å²) in [7, 11) is 5.77. The van der Waals surface area contributed by atoms with Gasteiger partial charge in [0.2, 0.25) is 0 Å². The van der Waals surface area contributed by atoms with Gasteiger partial charge in [-0.2, -0.15) is 0 Å². The second-order valence-electron chi connectivity index (χ2n) is 4.24. The van der Waals surface area contributed by atoms with Crippen LogP contribution in [0.3, 0.4) is 0 Å². The Morgan fingerprint density at radius 3 is 2.59 bits per heavy atom. The van der Waals surface area contributed by atoms with Crippen LogP contribution in [0.1, 0.15) is 24.4 Å². The Morgan fingerprint density at radius 2 is 2.12 bits per heavy atom. The van der Waals surface area contributed by atoms with Crippen molar-refractivity contribution in [2.45, 2.75) is 18.9 Å². The van der Waals surface area contributed by atoms with Crippen LogP contribution in [-0.2, 0) is 0 Å². The molecule has 0 spiro atoms. The van der Waals surface area contributed by atoms with Gasteiger partial charge in [0.05, 0.1) is 11.6 Å². The molecule has 1 aromatic carbocycles. The first-order chi connectivity index (χ1) is 8.10. The molecular formula is C13H20BrNO2. The first-order valence-electron chi connectivity index (χ1n) is 5.71. The van der Waals surface area contributed by atoms with Crippen molar-refractivity contribution in [3.05, 3.63) is 28.2 Å². The number of hydrogen-bond acceptors (Lipinski definition) is 3. The molecule has 0 saturated heterocycles. The topological polar surface area (TPSA) is 32.7 Å².